The third kappa shape index (κ3) is 9.30. The molecule has 43 heavy (non-hydrogen) atoms. The van der Waals surface area contributed by atoms with Crippen molar-refractivity contribution in [1.82, 2.24) is 4.90 Å². The first kappa shape index (κ1) is 33.6. The van der Waals surface area contributed by atoms with E-state index in [0.717, 1.165) is 53.2 Å². The zero-order valence-corrected chi connectivity index (χ0v) is 26.1. The SMILES string of the molecule is CCC(C)(C)C(=O)C(=O)N1C(C(=O)OCCCCc2ccc(OC)cc2)CC1C(=O)OCCCCc1ccc(OC)cc1. The van der Waals surface area contributed by atoms with Crippen molar-refractivity contribution in [1.29, 1.82) is 0 Å². The van der Waals surface area contributed by atoms with Gasteiger partial charge in [0.25, 0.3) is 5.91 Å². The van der Waals surface area contributed by atoms with Gasteiger partial charge in [0, 0.05) is 11.8 Å². The lowest BCUT2D eigenvalue weighted by molar-refractivity contribution is -0.179. The molecule has 234 valence electrons. The second-order valence-electron chi connectivity index (χ2n) is 11.5. The van der Waals surface area contributed by atoms with E-state index in [9.17, 15) is 19.2 Å². The number of likely N-dealkylation sites (tertiary alicyclic amines) is 1. The van der Waals surface area contributed by atoms with Crippen LogP contribution in [-0.4, -0.2) is 68.0 Å². The van der Waals surface area contributed by atoms with Crippen LogP contribution < -0.4 is 9.47 Å². The summed E-state index contributed by atoms with van der Waals surface area (Å²) in [5.74, 6) is -1.10. The summed E-state index contributed by atoms with van der Waals surface area (Å²) in [5.41, 5.74) is 1.39. The average Bonchev–Trinajstić information content (AvgIpc) is 3.00. The van der Waals surface area contributed by atoms with Crippen molar-refractivity contribution in [2.75, 3.05) is 27.4 Å². The number of hydrogen-bond acceptors (Lipinski definition) is 8. The molecule has 2 unspecified atom stereocenters. The standard InChI is InChI=1S/C34H45NO8/c1-6-34(2,3)30(36)31(37)35-28(32(38)42-21-9-7-11-24-13-17-26(40-4)18-14-24)23-29(35)33(39)43-22-10-8-12-25-15-19-27(41-5)20-16-25/h13-20,28-29H,6-12,21-23H2,1-5H3. The third-order valence-electron chi connectivity index (χ3n) is 8.12. The lowest BCUT2D eigenvalue weighted by Crippen LogP contribution is -2.67. The molecule has 1 amide bonds. The number of carbonyl (C=O) groups is 4. The Bertz CT molecular complexity index is 1150. The first-order chi connectivity index (χ1) is 20.6. The van der Waals surface area contributed by atoms with E-state index >= 15 is 0 Å². The highest BCUT2D eigenvalue weighted by Crippen LogP contribution is 2.32. The fourth-order valence-corrected chi connectivity index (χ4v) is 4.77. The summed E-state index contributed by atoms with van der Waals surface area (Å²) < 4.78 is 21.3. The minimum absolute atomic E-state index is 0.0704. The maximum atomic E-state index is 13.3. The predicted molar refractivity (Wildman–Crippen MR) is 162 cm³/mol. The van der Waals surface area contributed by atoms with Gasteiger partial charge in [0.15, 0.2) is 0 Å². The Labute approximate surface area is 254 Å². The molecule has 2 aromatic rings. The molecule has 0 N–H and O–H groups in total. The van der Waals surface area contributed by atoms with Gasteiger partial charge in [-0.05, 0) is 80.3 Å². The van der Waals surface area contributed by atoms with Gasteiger partial charge in [-0.1, -0.05) is 45.0 Å². The first-order valence-electron chi connectivity index (χ1n) is 15.1. The van der Waals surface area contributed by atoms with E-state index in [2.05, 4.69) is 0 Å². The van der Waals surface area contributed by atoms with Crippen LogP contribution in [0.1, 0.15) is 70.4 Å². The van der Waals surface area contributed by atoms with E-state index < -0.39 is 41.1 Å². The summed E-state index contributed by atoms with van der Waals surface area (Å²) in [5, 5.41) is 0. The van der Waals surface area contributed by atoms with E-state index in [0.29, 0.717) is 19.3 Å². The lowest BCUT2D eigenvalue weighted by atomic mass is 9.82. The lowest BCUT2D eigenvalue weighted by Gasteiger charge is -2.45. The van der Waals surface area contributed by atoms with Crippen LogP contribution in [0.25, 0.3) is 0 Å². The molecule has 2 atom stereocenters. The zero-order valence-electron chi connectivity index (χ0n) is 26.1. The molecule has 3 rings (SSSR count). The van der Waals surface area contributed by atoms with Gasteiger partial charge in [-0.15, -0.1) is 0 Å². The Morgan fingerprint density at radius 1 is 0.721 bits per heavy atom. The molecule has 1 saturated heterocycles. The molecular weight excluding hydrogens is 550 g/mol. The highest BCUT2D eigenvalue weighted by Gasteiger charge is 2.53. The number of ether oxygens (including phenoxy) is 4. The van der Waals surface area contributed by atoms with Crippen LogP contribution in [0.15, 0.2) is 48.5 Å². The normalized spacial score (nSPS) is 16.2. The monoisotopic (exact) mass is 595 g/mol. The largest absolute Gasteiger partial charge is 0.497 e. The predicted octanol–water partition coefficient (Wildman–Crippen LogP) is 5.11. The van der Waals surface area contributed by atoms with E-state index in [1.807, 2.05) is 55.5 Å². The van der Waals surface area contributed by atoms with Crippen molar-refractivity contribution < 1.29 is 38.1 Å². The summed E-state index contributed by atoms with van der Waals surface area (Å²) >= 11 is 0. The molecule has 0 saturated carbocycles. The molecule has 0 radical (unpaired) electrons. The highest BCUT2D eigenvalue weighted by molar-refractivity contribution is 6.38. The van der Waals surface area contributed by atoms with Crippen molar-refractivity contribution in [3.63, 3.8) is 0 Å². The van der Waals surface area contributed by atoms with Crippen LogP contribution in [-0.2, 0) is 41.5 Å². The summed E-state index contributed by atoms with van der Waals surface area (Å²) in [7, 11) is 3.25. The van der Waals surface area contributed by atoms with Crippen molar-refractivity contribution in [2.24, 2.45) is 5.41 Å². The van der Waals surface area contributed by atoms with E-state index in [1.165, 1.54) is 0 Å². The molecule has 1 fully saturated rings. The van der Waals surface area contributed by atoms with Crippen LogP contribution in [0.3, 0.4) is 0 Å². The second kappa shape index (κ2) is 16.1. The molecule has 9 heteroatoms. The number of rotatable bonds is 17. The summed E-state index contributed by atoms with van der Waals surface area (Å²) in [4.78, 5) is 53.2. The van der Waals surface area contributed by atoms with Gasteiger partial charge in [-0.25, -0.2) is 9.59 Å². The molecule has 1 heterocycles. The molecular formula is C34H45NO8. The number of aryl methyl sites for hydroxylation is 2. The summed E-state index contributed by atoms with van der Waals surface area (Å²) in [6, 6.07) is 13.6. The maximum Gasteiger partial charge on any atom is 0.328 e. The molecule has 9 nitrogen and oxygen atoms in total. The number of amides is 1. The minimum atomic E-state index is -0.988. The Morgan fingerprint density at radius 2 is 1.14 bits per heavy atom. The Balaban J connectivity index is 1.49. The number of carbonyl (C=O) groups excluding carboxylic acids is 4. The van der Waals surface area contributed by atoms with Gasteiger partial charge in [0.2, 0.25) is 5.78 Å². The summed E-state index contributed by atoms with van der Waals surface area (Å²) in [6.45, 7) is 5.55. The quantitative estimate of drug-likeness (QED) is 0.141. The van der Waals surface area contributed by atoms with Crippen LogP contribution >= 0.6 is 0 Å². The van der Waals surface area contributed by atoms with Crippen LogP contribution in [0.2, 0.25) is 0 Å². The van der Waals surface area contributed by atoms with Crippen LogP contribution in [0.5, 0.6) is 11.5 Å². The third-order valence-corrected chi connectivity index (χ3v) is 8.12. The molecule has 1 aliphatic heterocycles. The van der Waals surface area contributed by atoms with Crippen molar-refractivity contribution >= 4 is 23.6 Å². The van der Waals surface area contributed by atoms with Crippen molar-refractivity contribution in [3.8, 4) is 11.5 Å². The highest BCUT2D eigenvalue weighted by atomic mass is 16.5. The number of ketones is 1. The van der Waals surface area contributed by atoms with Crippen LogP contribution in [0.4, 0.5) is 0 Å². The number of Topliss-reactive ketones (excluding diaryl/α,β-unsaturated/α-hetero) is 1. The van der Waals surface area contributed by atoms with Gasteiger partial charge in [-0.3, -0.25) is 9.59 Å². The van der Waals surface area contributed by atoms with Gasteiger partial charge in [-0.2, -0.15) is 0 Å². The minimum Gasteiger partial charge on any atom is -0.497 e. The molecule has 0 aromatic heterocycles. The number of esters is 2. The molecule has 0 aliphatic carbocycles. The van der Waals surface area contributed by atoms with Crippen LogP contribution in [0, 0.1) is 5.41 Å². The molecule has 0 bridgehead atoms. The van der Waals surface area contributed by atoms with Gasteiger partial charge >= 0.3 is 11.9 Å². The topological polar surface area (TPSA) is 108 Å². The second-order valence-corrected chi connectivity index (χ2v) is 11.5. The van der Waals surface area contributed by atoms with E-state index in [1.54, 1.807) is 28.1 Å². The van der Waals surface area contributed by atoms with E-state index in [-0.39, 0.29) is 19.6 Å². The molecule has 2 aromatic carbocycles. The maximum absolute atomic E-state index is 13.3. The van der Waals surface area contributed by atoms with Crippen molar-refractivity contribution in [2.45, 2.75) is 84.2 Å². The number of nitrogens with zero attached hydrogens (tertiary/aromatic N) is 1. The van der Waals surface area contributed by atoms with Gasteiger partial charge < -0.3 is 23.8 Å². The Kier molecular flexibility index (Phi) is 12.6. The fourth-order valence-electron chi connectivity index (χ4n) is 4.77. The number of benzene rings is 2. The van der Waals surface area contributed by atoms with E-state index in [4.69, 9.17) is 18.9 Å². The number of unbranched alkanes of at least 4 members (excludes halogenated alkanes) is 2. The molecule has 0 spiro atoms. The number of hydrogen-bond donors (Lipinski definition) is 0. The first-order valence-corrected chi connectivity index (χ1v) is 15.1. The molecule has 1 aliphatic rings. The number of methoxy groups -OCH3 is 2. The smallest absolute Gasteiger partial charge is 0.328 e. The van der Waals surface area contributed by atoms with Gasteiger partial charge in [0.1, 0.15) is 23.6 Å². The van der Waals surface area contributed by atoms with Gasteiger partial charge in [0.05, 0.1) is 27.4 Å². The fraction of sp³-hybridized carbons (Fsp3) is 0.529. The average molecular weight is 596 g/mol. The van der Waals surface area contributed by atoms with Crippen molar-refractivity contribution in [3.05, 3.63) is 59.7 Å². The summed E-state index contributed by atoms with van der Waals surface area (Å²) in [6.07, 6.45) is 5.06. The Hall–Kier alpha value is -3.88. The Morgan fingerprint density at radius 3 is 1.51 bits per heavy atom. The zero-order chi connectivity index (χ0) is 31.4.